The molecule has 1 atom stereocenters. The lowest BCUT2D eigenvalue weighted by atomic mass is 9.68. The zero-order valence-electron chi connectivity index (χ0n) is 19.7. The van der Waals surface area contributed by atoms with Gasteiger partial charge in [0.1, 0.15) is 11.5 Å². The van der Waals surface area contributed by atoms with Crippen LogP contribution >= 0.6 is 0 Å². The SMILES string of the molecule is COc1cccc(CN2CC3(CN(C(C)=O)C3)c3c(n(C)c4cc(OC)ccc34)[C@@H]2CO)c1. The number of amides is 1. The first-order valence-corrected chi connectivity index (χ1v) is 11.3. The second-order valence-corrected chi connectivity index (χ2v) is 9.31. The first-order chi connectivity index (χ1) is 15.9. The first-order valence-electron chi connectivity index (χ1n) is 11.3. The number of ether oxygens (including phenoxy) is 2. The van der Waals surface area contributed by atoms with E-state index in [4.69, 9.17) is 9.47 Å². The molecule has 1 saturated heterocycles. The van der Waals surface area contributed by atoms with Gasteiger partial charge >= 0.3 is 0 Å². The van der Waals surface area contributed by atoms with E-state index in [1.54, 1.807) is 21.1 Å². The highest BCUT2D eigenvalue weighted by Crippen LogP contribution is 2.50. The van der Waals surface area contributed by atoms with Gasteiger partial charge in [-0.05, 0) is 35.4 Å². The Morgan fingerprint density at radius 2 is 1.82 bits per heavy atom. The van der Waals surface area contributed by atoms with E-state index < -0.39 is 0 Å². The molecule has 0 unspecified atom stereocenters. The molecule has 0 bridgehead atoms. The van der Waals surface area contributed by atoms with Crippen LogP contribution in [0.1, 0.15) is 29.8 Å². The average Bonchev–Trinajstić information content (AvgIpc) is 3.09. The van der Waals surface area contributed by atoms with Gasteiger partial charge in [-0.1, -0.05) is 12.1 Å². The van der Waals surface area contributed by atoms with E-state index in [9.17, 15) is 9.90 Å². The summed E-state index contributed by atoms with van der Waals surface area (Å²) < 4.78 is 13.1. The summed E-state index contributed by atoms with van der Waals surface area (Å²) in [5.41, 5.74) is 4.44. The second-order valence-electron chi connectivity index (χ2n) is 9.31. The summed E-state index contributed by atoms with van der Waals surface area (Å²) in [4.78, 5) is 16.4. The zero-order valence-corrected chi connectivity index (χ0v) is 19.7. The molecule has 1 fully saturated rings. The molecule has 0 radical (unpaired) electrons. The molecule has 0 saturated carbocycles. The van der Waals surface area contributed by atoms with Crippen molar-refractivity contribution in [2.24, 2.45) is 7.05 Å². The van der Waals surface area contributed by atoms with Crippen molar-refractivity contribution in [1.29, 1.82) is 0 Å². The van der Waals surface area contributed by atoms with Gasteiger partial charge in [0, 0.05) is 62.7 Å². The van der Waals surface area contributed by atoms with E-state index in [0.29, 0.717) is 19.6 Å². The quantitative estimate of drug-likeness (QED) is 0.649. The number of likely N-dealkylation sites (tertiary alicyclic amines) is 1. The molecule has 7 nitrogen and oxygen atoms in total. The number of fused-ring (bicyclic) bond motifs is 4. The number of nitrogens with zero attached hydrogens (tertiary/aromatic N) is 3. The van der Waals surface area contributed by atoms with Crippen LogP contribution < -0.4 is 9.47 Å². The molecule has 2 aromatic carbocycles. The summed E-state index contributed by atoms with van der Waals surface area (Å²) in [5.74, 6) is 1.73. The van der Waals surface area contributed by atoms with Crippen LogP contribution in [0.4, 0.5) is 0 Å². The zero-order chi connectivity index (χ0) is 23.3. The van der Waals surface area contributed by atoms with Crippen LogP contribution in [0.25, 0.3) is 10.9 Å². The number of aryl methyl sites for hydroxylation is 1. The van der Waals surface area contributed by atoms with Crippen LogP contribution in [0.15, 0.2) is 42.5 Å². The topological polar surface area (TPSA) is 67.2 Å². The highest BCUT2D eigenvalue weighted by molar-refractivity contribution is 5.89. The number of aliphatic hydroxyl groups excluding tert-OH is 1. The summed E-state index contributed by atoms with van der Waals surface area (Å²) in [6, 6.07) is 14.1. The molecule has 1 spiro atoms. The molecular formula is C26H31N3O4. The molecule has 1 N–H and O–H groups in total. The van der Waals surface area contributed by atoms with Gasteiger partial charge < -0.3 is 24.0 Å². The van der Waals surface area contributed by atoms with Crippen molar-refractivity contribution in [2.75, 3.05) is 40.5 Å². The maximum absolute atomic E-state index is 12.1. The molecule has 2 aliphatic rings. The molecule has 174 valence electrons. The lowest BCUT2D eigenvalue weighted by molar-refractivity contribution is -0.138. The van der Waals surface area contributed by atoms with Crippen molar-refractivity contribution in [1.82, 2.24) is 14.4 Å². The Bertz CT molecular complexity index is 1210. The third-order valence-electron chi connectivity index (χ3n) is 7.37. The molecule has 0 aliphatic carbocycles. The molecule has 3 aromatic rings. The molecule has 1 amide bonds. The van der Waals surface area contributed by atoms with E-state index in [2.05, 4.69) is 34.7 Å². The highest BCUT2D eigenvalue weighted by Gasteiger charge is 2.53. The summed E-state index contributed by atoms with van der Waals surface area (Å²) in [5, 5.41) is 11.7. The predicted molar refractivity (Wildman–Crippen MR) is 127 cm³/mol. The van der Waals surface area contributed by atoms with E-state index in [1.165, 1.54) is 10.9 Å². The van der Waals surface area contributed by atoms with Crippen LogP contribution in [-0.2, 0) is 23.8 Å². The van der Waals surface area contributed by atoms with Crippen molar-refractivity contribution in [3.05, 3.63) is 59.3 Å². The van der Waals surface area contributed by atoms with Crippen molar-refractivity contribution >= 4 is 16.8 Å². The van der Waals surface area contributed by atoms with Gasteiger partial charge in [-0.3, -0.25) is 9.69 Å². The Labute approximate surface area is 194 Å². The number of benzene rings is 2. The number of hydrogen-bond donors (Lipinski definition) is 1. The van der Waals surface area contributed by atoms with Gasteiger partial charge in [0.05, 0.1) is 32.4 Å². The van der Waals surface area contributed by atoms with Gasteiger partial charge in [-0.25, -0.2) is 0 Å². The monoisotopic (exact) mass is 449 g/mol. The molecule has 5 rings (SSSR count). The lowest BCUT2D eigenvalue weighted by Crippen LogP contribution is -2.67. The average molecular weight is 450 g/mol. The third kappa shape index (κ3) is 3.38. The molecule has 2 aliphatic heterocycles. The number of carbonyl (C=O) groups is 1. The van der Waals surface area contributed by atoms with Crippen molar-refractivity contribution in [3.63, 3.8) is 0 Å². The summed E-state index contributed by atoms with van der Waals surface area (Å²) in [6.07, 6.45) is 0. The van der Waals surface area contributed by atoms with Gasteiger partial charge in [-0.15, -0.1) is 0 Å². The standard InChI is InChI=1S/C26H31N3O4/c1-17(31)29-15-26(16-29)14-28(12-18-6-5-7-19(10-18)32-3)23(13-30)25-24(26)21-9-8-20(33-4)11-22(21)27(25)2/h5-11,23,30H,12-16H2,1-4H3/t23-/m0/s1. The van der Waals surface area contributed by atoms with E-state index in [1.807, 2.05) is 29.2 Å². The minimum atomic E-state index is -0.167. The minimum Gasteiger partial charge on any atom is -0.497 e. The van der Waals surface area contributed by atoms with Gasteiger partial charge in [0.15, 0.2) is 0 Å². The number of carbonyl (C=O) groups excluding carboxylic acids is 1. The minimum absolute atomic E-state index is 0.0186. The number of hydrogen-bond acceptors (Lipinski definition) is 5. The molecule has 33 heavy (non-hydrogen) atoms. The van der Waals surface area contributed by atoms with Crippen LogP contribution in [-0.4, -0.2) is 65.8 Å². The first kappa shape index (κ1) is 21.8. The Kier molecular flexibility index (Phi) is 5.34. The Balaban J connectivity index is 1.64. The molecule has 1 aromatic heterocycles. The van der Waals surface area contributed by atoms with E-state index in [0.717, 1.165) is 34.8 Å². The number of aliphatic hydroxyl groups is 1. The van der Waals surface area contributed by atoms with E-state index >= 15 is 0 Å². The molecule has 3 heterocycles. The second kappa shape index (κ2) is 8.08. The van der Waals surface area contributed by atoms with Gasteiger partial charge in [-0.2, -0.15) is 0 Å². The number of methoxy groups -OCH3 is 2. The molecular weight excluding hydrogens is 418 g/mol. The van der Waals surface area contributed by atoms with Crippen LogP contribution in [0.5, 0.6) is 11.5 Å². The maximum atomic E-state index is 12.1. The fourth-order valence-electron chi connectivity index (χ4n) is 5.80. The van der Waals surface area contributed by atoms with Crippen LogP contribution in [0.2, 0.25) is 0 Å². The Morgan fingerprint density at radius 3 is 2.48 bits per heavy atom. The Hall–Kier alpha value is -3.03. The molecule has 7 heteroatoms. The van der Waals surface area contributed by atoms with Crippen molar-refractivity contribution in [2.45, 2.75) is 24.9 Å². The smallest absolute Gasteiger partial charge is 0.219 e. The highest BCUT2D eigenvalue weighted by atomic mass is 16.5. The predicted octanol–water partition coefficient (Wildman–Crippen LogP) is 2.84. The Morgan fingerprint density at radius 1 is 1.09 bits per heavy atom. The van der Waals surface area contributed by atoms with Gasteiger partial charge in [0.2, 0.25) is 5.91 Å². The van der Waals surface area contributed by atoms with Gasteiger partial charge in [0.25, 0.3) is 0 Å². The fourth-order valence-corrected chi connectivity index (χ4v) is 5.80. The van der Waals surface area contributed by atoms with Crippen LogP contribution in [0, 0.1) is 0 Å². The van der Waals surface area contributed by atoms with E-state index in [-0.39, 0.29) is 24.0 Å². The largest absolute Gasteiger partial charge is 0.497 e. The number of aromatic nitrogens is 1. The summed E-state index contributed by atoms with van der Waals surface area (Å²) in [7, 11) is 5.41. The summed E-state index contributed by atoms with van der Waals surface area (Å²) >= 11 is 0. The van der Waals surface area contributed by atoms with Crippen LogP contribution in [0.3, 0.4) is 0 Å². The third-order valence-corrected chi connectivity index (χ3v) is 7.37. The van der Waals surface area contributed by atoms with Crippen molar-refractivity contribution in [3.8, 4) is 11.5 Å². The van der Waals surface area contributed by atoms with Crippen molar-refractivity contribution < 1.29 is 19.4 Å². The summed E-state index contributed by atoms with van der Waals surface area (Å²) in [6.45, 7) is 4.49. The fraction of sp³-hybridized carbons (Fsp3) is 0.423. The maximum Gasteiger partial charge on any atom is 0.219 e. The number of rotatable bonds is 5. The lowest BCUT2D eigenvalue weighted by Gasteiger charge is -2.56. The normalized spacial score (nSPS) is 19.4.